The Labute approximate surface area is 364 Å². The monoisotopic (exact) mass is 836 g/mol. The molecule has 2 N–H and O–H groups in total. The minimum absolute atomic E-state index is 0.0377. The fourth-order valence-electron chi connectivity index (χ4n) is 9.16. The van der Waals surface area contributed by atoms with Crippen molar-refractivity contribution in [3.63, 3.8) is 0 Å². The van der Waals surface area contributed by atoms with E-state index in [-0.39, 0.29) is 32.1 Å². The van der Waals surface area contributed by atoms with E-state index in [1.54, 1.807) is 0 Å². The van der Waals surface area contributed by atoms with Crippen molar-refractivity contribution in [2.75, 3.05) is 19.8 Å². The summed E-state index contributed by atoms with van der Waals surface area (Å²) in [4.78, 5) is 39.6. The number of hydrogen-bond acceptors (Lipinski definition) is 7. The summed E-state index contributed by atoms with van der Waals surface area (Å²) in [6.45, 7) is 12.6. The molecular formula is C51H97NO7. The molecule has 348 valence electrons. The Morgan fingerprint density at radius 3 is 1.36 bits per heavy atom. The van der Waals surface area contributed by atoms with Gasteiger partial charge in [-0.3, -0.25) is 9.59 Å². The van der Waals surface area contributed by atoms with Gasteiger partial charge in [-0.1, -0.05) is 207 Å². The van der Waals surface area contributed by atoms with Crippen LogP contribution in [0.15, 0.2) is 0 Å². The highest BCUT2D eigenvalue weighted by atomic mass is 16.6. The molecule has 0 heterocycles. The fraction of sp³-hybridized carbons (Fsp3) is 0.941. The maximum absolute atomic E-state index is 13.4. The van der Waals surface area contributed by atoms with Gasteiger partial charge >= 0.3 is 11.9 Å². The van der Waals surface area contributed by atoms with E-state index in [9.17, 15) is 19.5 Å². The lowest BCUT2D eigenvalue weighted by Crippen LogP contribution is -2.60. The maximum Gasteiger partial charge on any atom is 0.349 e. The lowest BCUT2D eigenvalue weighted by molar-refractivity contribution is -0.215. The van der Waals surface area contributed by atoms with Crippen LogP contribution in [0.25, 0.3) is 0 Å². The van der Waals surface area contributed by atoms with Crippen LogP contribution in [0.1, 0.15) is 266 Å². The van der Waals surface area contributed by atoms with E-state index in [0.29, 0.717) is 19.3 Å². The van der Waals surface area contributed by atoms with Crippen molar-refractivity contribution in [1.82, 2.24) is 5.32 Å². The highest BCUT2D eigenvalue weighted by Crippen LogP contribution is 2.52. The molecule has 59 heavy (non-hydrogen) atoms. The van der Waals surface area contributed by atoms with E-state index in [1.807, 2.05) is 27.7 Å². The van der Waals surface area contributed by atoms with Crippen LogP contribution in [-0.2, 0) is 28.6 Å². The fourth-order valence-corrected chi connectivity index (χ4v) is 9.16. The second-order valence-electron chi connectivity index (χ2n) is 19.6. The van der Waals surface area contributed by atoms with E-state index in [4.69, 9.17) is 14.2 Å². The van der Waals surface area contributed by atoms with Gasteiger partial charge in [-0.2, -0.15) is 0 Å². The minimum atomic E-state index is -1.17. The average Bonchev–Trinajstić information content (AvgIpc) is 3.17. The normalized spacial score (nSPS) is 18.4. The Bertz CT molecular complexity index is 1040. The van der Waals surface area contributed by atoms with Crippen molar-refractivity contribution in [3.05, 3.63) is 0 Å². The van der Waals surface area contributed by atoms with Crippen molar-refractivity contribution in [2.24, 2.45) is 5.41 Å². The van der Waals surface area contributed by atoms with Crippen LogP contribution in [0.4, 0.5) is 0 Å². The molecular weight excluding hydrogens is 739 g/mol. The third-order valence-electron chi connectivity index (χ3n) is 12.5. The number of rotatable bonds is 42. The molecule has 1 aliphatic carbocycles. The summed E-state index contributed by atoms with van der Waals surface area (Å²) < 4.78 is 17.6. The van der Waals surface area contributed by atoms with Crippen molar-refractivity contribution in [3.8, 4) is 0 Å². The summed E-state index contributed by atoms with van der Waals surface area (Å²) in [5.41, 5.74) is -1.64. The molecule has 1 amide bonds. The Morgan fingerprint density at radius 1 is 0.593 bits per heavy atom. The van der Waals surface area contributed by atoms with Crippen molar-refractivity contribution >= 4 is 17.8 Å². The summed E-state index contributed by atoms with van der Waals surface area (Å²) in [7, 11) is 0. The van der Waals surface area contributed by atoms with Gasteiger partial charge in [-0.05, 0) is 52.9 Å². The lowest BCUT2D eigenvalue weighted by Gasteiger charge is -2.54. The first kappa shape index (κ1) is 55.3. The lowest BCUT2D eigenvalue weighted by atomic mass is 9.60. The number of carbonyl (C=O) groups excluding carboxylic acids is 3. The van der Waals surface area contributed by atoms with Gasteiger partial charge in [0, 0.05) is 13.0 Å². The topological polar surface area (TPSA) is 111 Å². The zero-order valence-electron chi connectivity index (χ0n) is 39.8. The summed E-state index contributed by atoms with van der Waals surface area (Å²) in [6.07, 6.45) is 39.9. The number of hydrogen-bond donors (Lipinski definition) is 2. The Balaban J connectivity index is 2.39. The Kier molecular flexibility index (Phi) is 32.7. The molecule has 1 aliphatic rings. The van der Waals surface area contributed by atoms with Crippen molar-refractivity contribution in [1.29, 1.82) is 0 Å². The number of ether oxygens (including phenoxy) is 3. The highest BCUT2D eigenvalue weighted by Gasteiger charge is 2.55. The number of amides is 1. The number of esters is 2. The molecule has 0 aromatic heterocycles. The van der Waals surface area contributed by atoms with Crippen LogP contribution in [0, 0.1) is 5.41 Å². The molecule has 0 saturated heterocycles. The van der Waals surface area contributed by atoms with Gasteiger partial charge in [0.25, 0.3) is 0 Å². The first-order valence-electron chi connectivity index (χ1n) is 25.4. The molecule has 1 unspecified atom stereocenters. The van der Waals surface area contributed by atoms with Crippen LogP contribution in [-0.4, -0.2) is 60.0 Å². The number of aliphatic hydroxyl groups excluding tert-OH is 1. The maximum atomic E-state index is 13.4. The number of aliphatic hydroxyl groups is 1. The second kappa shape index (κ2) is 34.9. The SMILES string of the molecule is CCCCCCCCCCCCCCCCCCOC(=O)C(CNC(=O)C1(C)CC(C)(OC(C)(C)CCO)C1)OC(=O)CCCCCCCCCCCCCCCCC. The third kappa shape index (κ3) is 29.3. The molecule has 1 atom stereocenters. The molecule has 1 saturated carbocycles. The predicted molar refractivity (Wildman–Crippen MR) is 246 cm³/mol. The molecule has 0 spiro atoms. The summed E-state index contributed by atoms with van der Waals surface area (Å²) >= 11 is 0. The molecule has 8 nitrogen and oxygen atoms in total. The average molecular weight is 836 g/mol. The first-order valence-corrected chi connectivity index (χ1v) is 25.4. The number of unbranched alkanes of at least 4 members (excludes halogenated alkanes) is 29. The van der Waals surface area contributed by atoms with Gasteiger partial charge in [-0.25, -0.2) is 4.79 Å². The van der Waals surface area contributed by atoms with Crippen LogP contribution in [0.2, 0.25) is 0 Å². The van der Waals surface area contributed by atoms with E-state index < -0.39 is 34.7 Å². The van der Waals surface area contributed by atoms with Crippen LogP contribution in [0.5, 0.6) is 0 Å². The van der Waals surface area contributed by atoms with Crippen LogP contribution >= 0.6 is 0 Å². The molecule has 0 aromatic rings. The van der Waals surface area contributed by atoms with Gasteiger partial charge in [-0.15, -0.1) is 0 Å². The minimum Gasteiger partial charge on any atom is -0.463 e. The first-order chi connectivity index (χ1) is 28.4. The summed E-state index contributed by atoms with van der Waals surface area (Å²) in [5.74, 6) is -1.19. The standard InChI is InChI=1S/C51H97NO7/c1-7-9-11-13-15-17-19-21-23-25-27-29-31-33-35-37-41-57-47(55)45(42-52-48(56)50(5)43-51(6,44-50)59-49(3,4)39-40-53)58-46(54)38-36-34-32-30-28-26-24-22-20-18-16-14-12-10-8-2/h45,53H,7-44H2,1-6H3,(H,52,56). The van der Waals surface area contributed by atoms with Gasteiger partial charge in [0.1, 0.15) is 0 Å². The smallest absolute Gasteiger partial charge is 0.349 e. The van der Waals surface area contributed by atoms with Gasteiger partial charge in [0.15, 0.2) is 0 Å². The molecule has 8 heteroatoms. The van der Waals surface area contributed by atoms with Crippen LogP contribution in [0.3, 0.4) is 0 Å². The highest BCUT2D eigenvalue weighted by molar-refractivity contribution is 5.85. The third-order valence-corrected chi connectivity index (χ3v) is 12.5. The number of nitrogens with one attached hydrogen (secondary N) is 1. The Morgan fingerprint density at radius 2 is 0.966 bits per heavy atom. The second-order valence-corrected chi connectivity index (χ2v) is 19.6. The van der Waals surface area contributed by atoms with Gasteiger partial charge < -0.3 is 24.6 Å². The van der Waals surface area contributed by atoms with Crippen molar-refractivity contribution in [2.45, 2.75) is 284 Å². The number of carbonyl (C=O) groups is 3. The zero-order chi connectivity index (χ0) is 43.5. The van der Waals surface area contributed by atoms with E-state index in [2.05, 4.69) is 19.2 Å². The molecule has 0 aromatic carbocycles. The molecule has 0 bridgehead atoms. The van der Waals surface area contributed by atoms with Crippen molar-refractivity contribution < 1.29 is 33.7 Å². The van der Waals surface area contributed by atoms with Crippen LogP contribution < -0.4 is 5.32 Å². The largest absolute Gasteiger partial charge is 0.463 e. The Hall–Kier alpha value is -1.67. The molecule has 0 radical (unpaired) electrons. The molecule has 1 rings (SSSR count). The van der Waals surface area contributed by atoms with Gasteiger partial charge in [0.2, 0.25) is 12.0 Å². The zero-order valence-corrected chi connectivity index (χ0v) is 39.8. The summed E-state index contributed by atoms with van der Waals surface area (Å²) in [5, 5.41) is 12.3. The predicted octanol–water partition coefficient (Wildman–Crippen LogP) is 13.8. The quantitative estimate of drug-likeness (QED) is 0.0465. The summed E-state index contributed by atoms with van der Waals surface area (Å²) in [6, 6.07) is 0. The van der Waals surface area contributed by atoms with Gasteiger partial charge in [0.05, 0.1) is 29.8 Å². The van der Waals surface area contributed by atoms with E-state index >= 15 is 0 Å². The molecule has 0 aliphatic heterocycles. The van der Waals surface area contributed by atoms with E-state index in [1.165, 1.54) is 161 Å². The molecule has 1 fully saturated rings. The van der Waals surface area contributed by atoms with E-state index in [0.717, 1.165) is 38.5 Å².